The molecule has 1 fully saturated rings. The molecule has 1 saturated carbocycles. The molecule has 11 heteroatoms. The van der Waals surface area contributed by atoms with Gasteiger partial charge in [0.15, 0.2) is 0 Å². The topological polar surface area (TPSA) is 72.5 Å². The maximum absolute atomic E-state index is 13.4. The van der Waals surface area contributed by atoms with Gasteiger partial charge in [0.25, 0.3) is 10.0 Å². The molecule has 1 aromatic heterocycles. The van der Waals surface area contributed by atoms with E-state index in [1.54, 1.807) is 18.2 Å². The van der Waals surface area contributed by atoms with Crippen LogP contribution in [-0.2, 0) is 20.9 Å². The second-order valence-corrected chi connectivity index (χ2v) is 10.9. The van der Waals surface area contributed by atoms with Crippen LogP contribution in [0.3, 0.4) is 0 Å². The first kappa shape index (κ1) is 23.6. The third-order valence-electron chi connectivity index (χ3n) is 5.17. The van der Waals surface area contributed by atoms with Crippen LogP contribution in [0.4, 0.5) is 18.9 Å². The summed E-state index contributed by atoms with van der Waals surface area (Å²) >= 11 is 7.08. The maximum Gasteiger partial charge on any atom is 0.416 e. The minimum absolute atomic E-state index is 0.000328. The first-order valence-corrected chi connectivity index (χ1v) is 12.4. The Morgan fingerprint density at radius 2 is 1.85 bits per heavy atom. The summed E-state index contributed by atoms with van der Waals surface area (Å²) in [5.41, 5.74) is -0.467. The van der Waals surface area contributed by atoms with Crippen molar-refractivity contribution in [3.05, 3.63) is 69.6 Å². The van der Waals surface area contributed by atoms with E-state index in [0.717, 1.165) is 36.3 Å². The highest BCUT2D eigenvalue weighted by molar-refractivity contribution is 7.92. The van der Waals surface area contributed by atoms with Gasteiger partial charge in [0, 0.05) is 10.4 Å². The van der Waals surface area contributed by atoms with Gasteiger partial charge in [-0.2, -0.15) is 13.2 Å². The van der Waals surface area contributed by atoms with Crippen LogP contribution in [0.5, 0.6) is 0 Å². The van der Waals surface area contributed by atoms with E-state index in [-0.39, 0.29) is 27.6 Å². The normalized spacial score (nSPS) is 14.2. The highest BCUT2D eigenvalue weighted by Gasteiger charge is 2.34. The summed E-state index contributed by atoms with van der Waals surface area (Å²) in [7, 11) is -3.18. The molecule has 0 bridgehead atoms. The predicted molar refractivity (Wildman–Crippen MR) is 120 cm³/mol. The Bertz CT molecular complexity index is 1330. The van der Waals surface area contributed by atoms with E-state index in [1.165, 1.54) is 25.3 Å². The molecule has 0 aliphatic heterocycles. The van der Waals surface area contributed by atoms with Crippen molar-refractivity contribution in [2.45, 2.75) is 29.8 Å². The van der Waals surface area contributed by atoms with Crippen LogP contribution in [0.1, 0.15) is 40.2 Å². The number of ether oxygens (including phenoxy) is 1. The fourth-order valence-electron chi connectivity index (χ4n) is 3.42. The van der Waals surface area contributed by atoms with Gasteiger partial charge in [-0.3, -0.25) is 4.72 Å². The summed E-state index contributed by atoms with van der Waals surface area (Å²) in [4.78, 5) is 12.3. The van der Waals surface area contributed by atoms with Crippen LogP contribution in [0.2, 0.25) is 4.34 Å². The van der Waals surface area contributed by atoms with E-state index in [2.05, 4.69) is 9.46 Å². The number of alkyl halides is 3. The molecule has 33 heavy (non-hydrogen) atoms. The lowest BCUT2D eigenvalue weighted by Gasteiger charge is -2.17. The van der Waals surface area contributed by atoms with Gasteiger partial charge in [0.1, 0.15) is 0 Å². The van der Waals surface area contributed by atoms with Gasteiger partial charge in [-0.05, 0) is 60.7 Å². The summed E-state index contributed by atoms with van der Waals surface area (Å²) in [5.74, 6) is -0.720. The molecule has 0 atom stereocenters. The Morgan fingerprint density at radius 1 is 1.12 bits per heavy atom. The average molecular weight is 516 g/mol. The minimum atomic E-state index is -4.67. The number of methoxy groups -OCH3 is 1. The smallest absolute Gasteiger partial charge is 0.416 e. The van der Waals surface area contributed by atoms with Crippen molar-refractivity contribution in [1.29, 1.82) is 0 Å². The van der Waals surface area contributed by atoms with Crippen LogP contribution in [0.15, 0.2) is 53.4 Å². The van der Waals surface area contributed by atoms with Crippen molar-refractivity contribution in [2.24, 2.45) is 0 Å². The van der Waals surface area contributed by atoms with Crippen molar-refractivity contribution < 1.29 is 31.1 Å². The predicted octanol–water partition coefficient (Wildman–Crippen LogP) is 6.55. The summed E-state index contributed by atoms with van der Waals surface area (Å²) in [6.07, 6.45) is -3.11. The lowest BCUT2D eigenvalue weighted by atomic mass is 10.1. The van der Waals surface area contributed by atoms with Crippen LogP contribution in [0.25, 0.3) is 10.4 Å². The number of esters is 1. The molecule has 1 aliphatic carbocycles. The number of halogens is 4. The molecule has 2 aromatic carbocycles. The molecular weight excluding hydrogens is 499 g/mol. The molecule has 0 radical (unpaired) electrons. The first-order chi connectivity index (χ1) is 15.5. The molecule has 1 heterocycles. The summed E-state index contributed by atoms with van der Waals surface area (Å²) < 4.78 is 74.3. The number of nitrogens with one attached hydrogen (secondary N) is 1. The summed E-state index contributed by atoms with van der Waals surface area (Å²) in [6.45, 7) is 0. The molecule has 3 aromatic rings. The van der Waals surface area contributed by atoms with Crippen LogP contribution in [0, 0.1) is 0 Å². The number of anilines is 1. The Balaban J connectivity index is 1.83. The standard InChI is InChI=1S/C22H17ClF3NO4S2/c1-31-21(28)13-4-6-15(12-2-3-12)19(10-13)33(29,30)27-17-11-14(22(24,25)26)5-7-16(17)18-8-9-20(23)32-18/h4-12,27H,2-3H2,1H3. The average Bonchev–Trinajstić information content (AvgIpc) is 3.52. The maximum atomic E-state index is 13.4. The largest absolute Gasteiger partial charge is 0.465 e. The number of carbonyl (C=O) groups is 1. The number of carbonyl (C=O) groups excluding carboxylic acids is 1. The first-order valence-electron chi connectivity index (χ1n) is 9.71. The second kappa shape index (κ2) is 8.66. The molecule has 0 saturated heterocycles. The monoisotopic (exact) mass is 515 g/mol. The molecule has 0 unspecified atom stereocenters. The SMILES string of the molecule is COC(=O)c1ccc(C2CC2)c(S(=O)(=O)Nc2cc(C(F)(F)F)ccc2-c2ccc(Cl)s2)c1. The molecule has 5 nitrogen and oxygen atoms in total. The van der Waals surface area contributed by atoms with Gasteiger partial charge < -0.3 is 4.74 Å². The zero-order valence-electron chi connectivity index (χ0n) is 17.1. The molecule has 4 rings (SSSR count). The van der Waals surface area contributed by atoms with Crippen LogP contribution >= 0.6 is 22.9 Å². The molecule has 0 amide bonds. The van der Waals surface area contributed by atoms with Gasteiger partial charge in [-0.25, -0.2) is 13.2 Å². The van der Waals surface area contributed by atoms with E-state index in [4.69, 9.17) is 11.6 Å². The third kappa shape index (κ3) is 5.02. The van der Waals surface area contributed by atoms with Gasteiger partial charge in [0.2, 0.25) is 0 Å². The second-order valence-electron chi connectivity index (χ2n) is 7.49. The summed E-state index contributed by atoms with van der Waals surface area (Å²) in [6, 6.07) is 10.2. The fraction of sp³-hybridized carbons (Fsp3) is 0.227. The molecule has 0 spiro atoms. The molecular formula is C22H17ClF3NO4S2. The van der Waals surface area contributed by atoms with Crippen molar-refractivity contribution in [1.82, 2.24) is 0 Å². The van der Waals surface area contributed by atoms with Crippen LogP contribution < -0.4 is 4.72 Å². The van der Waals surface area contributed by atoms with Crippen LogP contribution in [-0.4, -0.2) is 21.5 Å². The van der Waals surface area contributed by atoms with Gasteiger partial charge in [-0.1, -0.05) is 23.7 Å². The van der Waals surface area contributed by atoms with Crippen molar-refractivity contribution in [2.75, 3.05) is 11.8 Å². The number of thiophene rings is 1. The number of sulfonamides is 1. The van der Waals surface area contributed by atoms with Crippen molar-refractivity contribution in [3.8, 4) is 10.4 Å². The number of benzene rings is 2. The van der Waals surface area contributed by atoms with Gasteiger partial charge >= 0.3 is 12.1 Å². The highest BCUT2D eigenvalue weighted by atomic mass is 35.5. The van der Waals surface area contributed by atoms with E-state index < -0.39 is 27.7 Å². The van der Waals surface area contributed by atoms with Gasteiger partial charge in [0.05, 0.1) is 33.2 Å². The van der Waals surface area contributed by atoms with E-state index in [9.17, 15) is 26.4 Å². The van der Waals surface area contributed by atoms with E-state index >= 15 is 0 Å². The van der Waals surface area contributed by atoms with E-state index in [1.807, 2.05) is 0 Å². The number of rotatable bonds is 6. The summed E-state index contributed by atoms with van der Waals surface area (Å²) in [5, 5.41) is 0. The number of hydrogen-bond donors (Lipinski definition) is 1. The Hall–Kier alpha value is -2.56. The lowest BCUT2D eigenvalue weighted by molar-refractivity contribution is -0.137. The molecule has 174 valence electrons. The Morgan fingerprint density at radius 3 is 2.42 bits per heavy atom. The lowest BCUT2D eigenvalue weighted by Crippen LogP contribution is -2.17. The minimum Gasteiger partial charge on any atom is -0.465 e. The zero-order valence-corrected chi connectivity index (χ0v) is 19.5. The Labute approximate surface area is 197 Å². The Kier molecular flexibility index (Phi) is 6.19. The number of hydrogen-bond acceptors (Lipinski definition) is 5. The van der Waals surface area contributed by atoms with Crippen molar-refractivity contribution >= 4 is 44.6 Å². The van der Waals surface area contributed by atoms with Crippen molar-refractivity contribution in [3.63, 3.8) is 0 Å². The molecule has 1 aliphatic rings. The third-order valence-corrected chi connectivity index (χ3v) is 7.86. The fourth-order valence-corrected chi connectivity index (χ4v) is 5.90. The highest BCUT2D eigenvalue weighted by Crippen LogP contribution is 2.44. The molecule has 1 N–H and O–H groups in total. The van der Waals surface area contributed by atoms with E-state index in [0.29, 0.717) is 14.8 Å². The quantitative estimate of drug-likeness (QED) is 0.378. The zero-order chi connectivity index (χ0) is 24.0. The van der Waals surface area contributed by atoms with Gasteiger partial charge in [-0.15, -0.1) is 11.3 Å².